The van der Waals surface area contributed by atoms with E-state index in [1.54, 1.807) is 26.2 Å². The Bertz CT molecular complexity index is 1060. The third-order valence-corrected chi connectivity index (χ3v) is 4.70. The minimum atomic E-state index is -0.441. The van der Waals surface area contributed by atoms with Gasteiger partial charge in [0.15, 0.2) is 5.96 Å². The van der Waals surface area contributed by atoms with Crippen LogP contribution in [0.3, 0.4) is 0 Å². The second-order valence-corrected chi connectivity index (χ2v) is 7.28. The van der Waals surface area contributed by atoms with Crippen LogP contribution in [0.5, 0.6) is 0 Å². The van der Waals surface area contributed by atoms with E-state index in [9.17, 15) is 14.9 Å². The number of nitro groups is 1. The zero-order valence-electron chi connectivity index (χ0n) is 18.1. The van der Waals surface area contributed by atoms with E-state index in [1.165, 1.54) is 17.0 Å². The summed E-state index contributed by atoms with van der Waals surface area (Å²) in [6, 6.07) is 15.7. The van der Waals surface area contributed by atoms with Gasteiger partial charge in [0.25, 0.3) is 5.69 Å². The van der Waals surface area contributed by atoms with Gasteiger partial charge in [0.05, 0.1) is 24.1 Å². The maximum absolute atomic E-state index is 12.0. The second-order valence-electron chi connectivity index (χ2n) is 7.28. The molecule has 1 amide bonds. The molecule has 9 nitrogen and oxygen atoms in total. The average molecular weight is 551 g/mol. The van der Waals surface area contributed by atoms with Crippen molar-refractivity contribution < 1.29 is 14.1 Å². The molecule has 1 atom stereocenters. The molecule has 0 aliphatic rings. The number of carbonyl (C=O) groups is 1. The molecular weight excluding hydrogens is 525 g/mol. The summed E-state index contributed by atoms with van der Waals surface area (Å²) in [6.07, 6.45) is 0. The number of hydrogen-bond acceptors (Lipinski definition) is 5. The Hall–Kier alpha value is -3.15. The molecule has 1 heterocycles. The van der Waals surface area contributed by atoms with Crippen molar-refractivity contribution in [3.05, 3.63) is 76.0 Å². The van der Waals surface area contributed by atoms with Crippen molar-refractivity contribution in [2.24, 2.45) is 4.99 Å². The van der Waals surface area contributed by atoms with Crippen molar-refractivity contribution in [2.75, 3.05) is 20.6 Å². The van der Waals surface area contributed by atoms with Crippen molar-refractivity contribution >= 4 is 52.5 Å². The highest BCUT2D eigenvalue weighted by atomic mass is 127. The number of likely N-dealkylation sites (N-methyl/N-ethyl adjacent to an activating group) is 1. The zero-order valence-corrected chi connectivity index (χ0v) is 20.4. The van der Waals surface area contributed by atoms with E-state index in [-0.39, 0.29) is 54.7 Å². The number of amides is 1. The molecular formula is C22H26IN5O4. The largest absolute Gasteiger partial charge is 0.459 e. The number of nitro benzene ring substituents is 1. The van der Waals surface area contributed by atoms with Crippen molar-refractivity contribution in [2.45, 2.75) is 19.5 Å². The van der Waals surface area contributed by atoms with Gasteiger partial charge in [-0.1, -0.05) is 30.3 Å². The minimum Gasteiger partial charge on any atom is -0.459 e. The van der Waals surface area contributed by atoms with Crippen LogP contribution in [-0.4, -0.2) is 42.3 Å². The summed E-state index contributed by atoms with van der Waals surface area (Å²) in [5, 5.41) is 18.1. The molecule has 1 unspecified atom stereocenters. The van der Waals surface area contributed by atoms with Crippen molar-refractivity contribution in [3.63, 3.8) is 0 Å². The van der Waals surface area contributed by atoms with Crippen molar-refractivity contribution in [1.29, 1.82) is 0 Å². The summed E-state index contributed by atoms with van der Waals surface area (Å²) < 4.78 is 5.91. The molecule has 0 saturated carbocycles. The van der Waals surface area contributed by atoms with Gasteiger partial charge in [-0.15, -0.1) is 24.0 Å². The fourth-order valence-corrected chi connectivity index (χ4v) is 2.86. The number of fused-ring (bicyclic) bond motifs is 1. The lowest BCUT2D eigenvalue weighted by atomic mass is 10.2. The van der Waals surface area contributed by atoms with Gasteiger partial charge < -0.3 is 20.0 Å². The van der Waals surface area contributed by atoms with Gasteiger partial charge in [-0.3, -0.25) is 14.9 Å². The lowest BCUT2D eigenvalue weighted by Gasteiger charge is -2.18. The molecule has 170 valence electrons. The molecule has 3 aromatic rings. The van der Waals surface area contributed by atoms with Crippen LogP contribution in [0.2, 0.25) is 0 Å². The van der Waals surface area contributed by atoms with Crippen LogP contribution in [0.15, 0.2) is 64.0 Å². The summed E-state index contributed by atoms with van der Waals surface area (Å²) in [7, 11) is 3.37. The van der Waals surface area contributed by atoms with Gasteiger partial charge in [-0.2, -0.15) is 0 Å². The normalized spacial score (nSPS) is 12.0. The Morgan fingerprint density at radius 1 is 1.19 bits per heavy atom. The van der Waals surface area contributed by atoms with Gasteiger partial charge in [0, 0.05) is 31.6 Å². The molecule has 0 aliphatic carbocycles. The summed E-state index contributed by atoms with van der Waals surface area (Å²) in [4.78, 5) is 28.4. The van der Waals surface area contributed by atoms with Gasteiger partial charge in [0.1, 0.15) is 11.3 Å². The van der Waals surface area contributed by atoms with Crippen LogP contribution >= 0.6 is 24.0 Å². The molecule has 2 N–H and O–H groups in total. The first kappa shape index (κ1) is 25.1. The Morgan fingerprint density at radius 3 is 2.50 bits per heavy atom. The average Bonchev–Trinajstić information content (AvgIpc) is 3.20. The highest BCUT2D eigenvalue weighted by Crippen LogP contribution is 2.23. The highest BCUT2D eigenvalue weighted by molar-refractivity contribution is 14.0. The number of rotatable bonds is 7. The lowest BCUT2D eigenvalue weighted by Crippen LogP contribution is -2.43. The first-order valence-corrected chi connectivity index (χ1v) is 9.80. The number of furan rings is 1. The van der Waals surface area contributed by atoms with Gasteiger partial charge in [-0.25, -0.2) is 4.99 Å². The lowest BCUT2D eigenvalue weighted by molar-refractivity contribution is -0.384. The van der Waals surface area contributed by atoms with Crippen LogP contribution in [0.1, 0.15) is 24.3 Å². The molecule has 0 saturated heterocycles. The fourth-order valence-electron chi connectivity index (χ4n) is 2.86. The van der Waals surface area contributed by atoms with E-state index >= 15 is 0 Å². The van der Waals surface area contributed by atoms with E-state index in [0.717, 1.165) is 22.3 Å². The zero-order chi connectivity index (χ0) is 22.4. The summed E-state index contributed by atoms with van der Waals surface area (Å²) in [5.41, 5.74) is 1.63. The number of aliphatic imine (C=N–C) groups is 1. The number of nitrogens with zero attached hydrogens (tertiary/aromatic N) is 3. The number of hydrogen-bond donors (Lipinski definition) is 2. The Labute approximate surface area is 203 Å². The molecule has 2 aromatic carbocycles. The van der Waals surface area contributed by atoms with E-state index in [1.807, 2.05) is 37.3 Å². The number of non-ortho nitro benzene ring substituents is 1. The predicted molar refractivity (Wildman–Crippen MR) is 134 cm³/mol. The maximum atomic E-state index is 12.0. The van der Waals surface area contributed by atoms with E-state index < -0.39 is 4.92 Å². The Balaban J connectivity index is 0.00000363. The van der Waals surface area contributed by atoms with E-state index in [0.29, 0.717) is 5.96 Å². The number of para-hydroxylation sites is 1. The van der Waals surface area contributed by atoms with Gasteiger partial charge in [0.2, 0.25) is 5.91 Å². The Morgan fingerprint density at radius 2 is 1.88 bits per heavy atom. The smallest absolute Gasteiger partial charge is 0.269 e. The summed E-state index contributed by atoms with van der Waals surface area (Å²) in [6.45, 7) is 2.30. The molecule has 1 aromatic heterocycles. The number of benzene rings is 2. The molecule has 0 fully saturated rings. The summed E-state index contributed by atoms with van der Waals surface area (Å²) >= 11 is 0. The molecule has 10 heteroatoms. The maximum Gasteiger partial charge on any atom is 0.269 e. The monoisotopic (exact) mass is 551 g/mol. The van der Waals surface area contributed by atoms with Crippen LogP contribution in [-0.2, 0) is 11.3 Å². The number of guanidine groups is 1. The molecule has 3 rings (SSSR count). The first-order chi connectivity index (χ1) is 14.8. The van der Waals surface area contributed by atoms with Gasteiger partial charge >= 0.3 is 0 Å². The van der Waals surface area contributed by atoms with Crippen LogP contribution in [0.4, 0.5) is 5.69 Å². The second kappa shape index (κ2) is 11.5. The highest BCUT2D eigenvalue weighted by Gasteiger charge is 2.14. The molecule has 0 spiro atoms. The standard InChI is InChI=1S/C22H25N5O4.HI/c1-15(20-12-17-6-4-5-7-19(17)31-20)25-22(24-14-21(28)26(2)3)23-13-16-8-10-18(11-9-16)27(29)30;/h4-12,15H,13-14H2,1-3H3,(H2,23,24,25);1H. The van der Waals surface area contributed by atoms with Gasteiger partial charge in [-0.05, 0) is 24.6 Å². The fraction of sp³-hybridized carbons (Fsp3) is 0.273. The van der Waals surface area contributed by atoms with E-state index in [4.69, 9.17) is 4.42 Å². The van der Waals surface area contributed by atoms with Crippen LogP contribution in [0.25, 0.3) is 11.0 Å². The number of carbonyl (C=O) groups excluding carboxylic acids is 1. The topological polar surface area (TPSA) is 113 Å². The molecule has 0 radical (unpaired) electrons. The quantitative estimate of drug-likeness (QED) is 0.152. The molecule has 0 aliphatic heterocycles. The number of nitrogens with one attached hydrogen (secondary N) is 2. The SMILES string of the molecule is CC(NC(=NCc1ccc([N+](=O)[O-])cc1)NCC(=O)N(C)C)c1cc2ccccc2o1.I. The van der Waals surface area contributed by atoms with E-state index in [2.05, 4.69) is 15.6 Å². The van der Waals surface area contributed by atoms with Crippen molar-refractivity contribution in [1.82, 2.24) is 15.5 Å². The molecule has 0 bridgehead atoms. The minimum absolute atomic E-state index is 0. The van der Waals surface area contributed by atoms with Crippen LogP contribution in [0, 0.1) is 10.1 Å². The third-order valence-electron chi connectivity index (χ3n) is 4.70. The third kappa shape index (κ3) is 6.67. The van der Waals surface area contributed by atoms with Crippen molar-refractivity contribution in [3.8, 4) is 0 Å². The first-order valence-electron chi connectivity index (χ1n) is 9.80. The predicted octanol–water partition coefficient (Wildman–Crippen LogP) is 3.84. The van der Waals surface area contributed by atoms with Crippen LogP contribution < -0.4 is 10.6 Å². The molecule has 32 heavy (non-hydrogen) atoms. The summed E-state index contributed by atoms with van der Waals surface area (Å²) in [5.74, 6) is 1.08. The number of halogens is 1. The Kier molecular flexibility index (Phi) is 9.00.